The molecule has 0 saturated heterocycles. The van der Waals surface area contributed by atoms with Crippen molar-refractivity contribution >= 4 is 14.7 Å². The summed E-state index contributed by atoms with van der Waals surface area (Å²) >= 11 is 0. The SMILES string of the molecule is Cc1cc(P)[nH]c(=O)c1. The minimum Gasteiger partial charge on any atom is -0.323 e. The number of aryl methyl sites for hydroxylation is 1. The van der Waals surface area contributed by atoms with E-state index in [1.54, 1.807) is 6.07 Å². The lowest BCUT2D eigenvalue weighted by atomic mass is 10.3. The van der Waals surface area contributed by atoms with Crippen LogP contribution in [0, 0.1) is 6.92 Å². The molecule has 1 unspecified atom stereocenters. The van der Waals surface area contributed by atoms with Crippen molar-refractivity contribution in [3.05, 3.63) is 28.0 Å². The van der Waals surface area contributed by atoms with Gasteiger partial charge in [0.25, 0.3) is 0 Å². The topological polar surface area (TPSA) is 32.9 Å². The third-order valence-electron chi connectivity index (χ3n) is 1.01. The molecule has 1 aromatic rings. The van der Waals surface area contributed by atoms with Crippen LogP contribution < -0.4 is 11.0 Å². The molecule has 0 amide bonds. The van der Waals surface area contributed by atoms with E-state index in [-0.39, 0.29) is 5.56 Å². The van der Waals surface area contributed by atoms with Gasteiger partial charge in [-0.3, -0.25) is 4.79 Å². The highest BCUT2D eigenvalue weighted by molar-refractivity contribution is 7.26. The molecular formula is C6H8NOP. The van der Waals surface area contributed by atoms with Crippen molar-refractivity contribution < 1.29 is 0 Å². The molecule has 0 saturated carbocycles. The molecule has 0 aliphatic heterocycles. The van der Waals surface area contributed by atoms with Crippen LogP contribution in [-0.2, 0) is 0 Å². The second kappa shape index (κ2) is 2.32. The second-order valence-corrected chi connectivity index (χ2v) is 2.60. The fraction of sp³-hybridized carbons (Fsp3) is 0.167. The number of nitrogens with one attached hydrogen (secondary N) is 1. The number of H-pyrrole nitrogens is 1. The number of hydrogen-bond donors (Lipinski definition) is 1. The van der Waals surface area contributed by atoms with Gasteiger partial charge in [-0.1, -0.05) is 9.24 Å². The summed E-state index contributed by atoms with van der Waals surface area (Å²) in [5, 5.41) is 0. The largest absolute Gasteiger partial charge is 0.323 e. The van der Waals surface area contributed by atoms with Gasteiger partial charge in [-0.15, -0.1) is 0 Å². The zero-order valence-electron chi connectivity index (χ0n) is 5.14. The van der Waals surface area contributed by atoms with Gasteiger partial charge in [0, 0.05) is 11.5 Å². The van der Waals surface area contributed by atoms with Crippen LogP contribution in [0.15, 0.2) is 16.9 Å². The Morgan fingerprint density at radius 1 is 1.56 bits per heavy atom. The summed E-state index contributed by atoms with van der Waals surface area (Å²) in [6.07, 6.45) is 0. The number of rotatable bonds is 0. The number of hydrogen-bond acceptors (Lipinski definition) is 1. The molecule has 1 atom stereocenters. The van der Waals surface area contributed by atoms with Gasteiger partial charge in [-0.2, -0.15) is 0 Å². The van der Waals surface area contributed by atoms with Gasteiger partial charge in [0.15, 0.2) is 0 Å². The van der Waals surface area contributed by atoms with E-state index in [9.17, 15) is 4.79 Å². The van der Waals surface area contributed by atoms with Gasteiger partial charge in [0.2, 0.25) is 5.56 Å². The van der Waals surface area contributed by atoms with E-state index in [2.05, 4.69) is 14.2 Å². The molecule has 1 heterocycles. The van der Waals surface area contributed by atoms with E-state index >= 15 is 0 Å². The summed E-state index contributed by atoms with van der Waals surface area (Å²) in [5.41, 5.74) is 1.78. The van der Waals surface area contributed by atoms with Crippen LogP contribution in [0.1, 0.15) is 5.56 Å². The van der Waals surface area contributed by atoms with Crippen LogP contribution in [0.25, 0.3) is 0 Å². The number of aromatic nitrogens is 1. The fourth-order valence-corrected chi connectivity index (χ4v) is 1.11. The predicted molar refractivity (Wildman–Crippen MR) is 41.1 cm³/mol. The summed E-state index contributed by atoms with van der Waals surface area (Å²) in [5.74, 6) is 0. The highest BCUT2D eigenvalue weighted by Gasteiger charge is 1.87. The molecule has 0 aliphatic rings. The first-order valence-electron chi connectivity index (χ1n) is 2.65. The highest BCUT2D eigenvalue weighted by atomic mass is 31.0. The predicted octanol–water partition coefficient (Wildman–Crippen LogP) is 0.184. The van der Waals surface area contributed by atoms with E-state index in [1.165, 1.54) is 0 Å². The van der Waals surface area contributed by atoms with Crippen molar-refractivity contribution in [3.63, 3.8) is 0 Å². The summed E-state index contributed by atoms with van der Waals surface area (Å²) in [4.78, 5) is 13.3. The van der Waals surface area contributed by atoms with Crippen LogP contribution in [0.4, 0.5) is 0 Å². The minimum absolute atomic E-state index is 0.0417. The second-order valence-electron chi connectivity index (χ2n) is 1.98. The first kappa shape index (κ1) is 6.50. The van der Waals surface area contributed by atoms with Crippen molar-refractivity contribution in [2.45, 2.75) is 6.92 Å². The quantitative estimate of drug-likeness (QED) is 0.514. The smallest absolute Gasteiger partial charge is 0.248 e. The van der Waals surface area contributed by atoms with Crippen molar-refractivity contribution in [1.29, 1.82) is 0 Å². The molecule has 3 heteroatoms. The Bertz CT molecular complexity index is 243. The van der Waals surface area contributed by atoms with E-state index in [4.69, 9.17) is 0 Å². The molecule has 0 aromatic carbocycles. The average molecular weight is 141 g/mol. The fourth-order valence-electron chi connectivity index (χ4n) is 0.708. The van der Waals surface area contributed by atoms with Gasteiger partial charge in [-0.25, -0.2) is 0 Å². The molecule has 0 aliphatic carbocycles. The number of pyridine rings is 1. The Morgan fingerprint density at radius 2 is 2.22 bits per heavy atom. The average Bonchev–Trinajstić information content (AvgIpc) is 1.59. The standard InChI is InChI=1S/C6H8NOP/c1-4-2-5(8)7-6(9)3-4/h2-3H,9H2,1H3,(H,7,8). The highest BCUT2D eigenvalue weighted by Crippen LogP contribution is 1.88. The Balaban J connectivity index is 3.33. The van der Waals surface area contributed by atoms with Crippen LogP contribution in [-0.4, -0.2) is 4.98 Å². The zero-order chi connectivity index (χ0) is 6.85. The Morgan fingerprint density at radius 3 is 2.67 bits per heavy atom. The third-order valence-corrected chi connectivity index (χ3v) is 1.32. The molecule has 0 spiro atoms. The van der Waals surface area contributed by atoms with Crippen molar-refractivity contribution in [3.8, 4) is 0 Å². The zero-order valence-corrected chi connectivity index (χ0v) is 6.29. The van der Waals surface area contributed by atoms with Gasteiger partial charge in [-0.05, 0) is 18.6 Å². The van der Waals surface area contributed by atoms with Gasteiger partial charge in [0.1, 0.15) is 0 Å². The molecule has 48 valence electrons. The lowest BCUT2D eigenvalue weighted by Gasteiger charge is -1.91. The summed E-state index contributed by atoms with van der Waals surface area (Å²) in [6.45, 7) is 1.89. The molecule has 0 bridgehead atoms. The normalized spacial score (nSPS) is 9.56. The molecule has 0 fully saturated rings. The van der Waals surface area contributed by atoms with E-state index < -0.39 is 0 Å². The maximum atomic E-state index is 10.6. The molecule has 0 radical (unpaired) electrons. The van der Waals surface area contributed by atoms with Crippen LogP contribution in [0.2, 0.25) is 0 Å². The van der Waals surface area contributed by atoms with Gasteiger partial charge < -0.3 is 4.98 Å². The lowest BCUT2D eigenvalue weighted by molar-refractivity contribution is 1.25. The van der Waals surface area contributed by atoms with E-state index in [0.29, 0.717) is 0 Å². The molecule has 2 nitrogen and oxygen atoms in total. The minimum atomic E-state index is -0.0417. The Kier molecular flexibility index (Phi) is 1.68. The Hall–Kier alpha value is -0.620. The van der Waals surface area contributed by atoms with Crippen LogP contribution in [0.3, 0.4) is 0 Å². The monoisotopic (exact) mass is 141 g/mol. The Labute approximate surface area is 55.5 Å². The maximum absolute atomic E-state index is 10.6. The summed E-state index contributed by atoms with van der Waals surface area (Å²) < 4.78 is 0. The summed E-state index contributed by atoms with van der Waals surface area (Å²) in [6, 6.07) is 3.46. The van der Waals surface area contributed by atoms with Crippen LogP contribution in [0.5, 0.6) is 0 Å². The lowest BCUT2D eigenvalue weighted by Crippen LogP contribution is -2.13. The first-order chi connectivity index (χ1) is 4.18. The molecule has 1 rings (SSSR count). The maximum Gasteiger partial charge on any atom is 0.248 e. The van der Waals surface area contributed by atoms with Gasteiger partial charge >= 0.3 is 0 Å². The summed E-state index contributed by atoms with van der Waals surface area (Å²) in [7, 11) is 2.44. The first-order valence-corrected chi connectivity index (χ1v) is 3.22. The van der Waals surface area contributed by atoms with Crippen LogP contribution >= 0.6 is 9.24 Å². The van der Waals surface area contributed by atoms with Gasteiger partial charge in [0.05, 0.1) is 0 Å². The van der Waals surface area contributed by atoms with Crippen molar-refractivity contribution in [1.82, 2.24) is 4.98 Å². The van der Waals surface area contributed by atoms with E-state index in [1.807, 2.05) is 13.0 Å². The van der Waals surface area contributed by atoms with E-state index in [0.717, 1.165) is 11.0 Å². The number of aromatic amines is 1. The molecule has 1 aromatic heterocycles. The van der Waals surface area contributed by atoms with Crippen molar-refractivity contribution in [2.24, 2.45) is 0 Å². The molecular weight excluding hydrogens is 133 g/mol. The van der Waals surface area contributed by atoms with Crippen molar-refractivity contribution in [2.75, 3.05) is 0 Å². The molecule has 1 N–H and O–H groups in total. The third kappa shape index (κ3) is 1.65. The molecule has 9 heavy (non-hydrogen) atoms.